The Morgan fingerprint density at radius 1 is 1.24 bits per heavy atom. The number of hydrogen-bond acceptors (Lipinski definition) is 4. The maximum absolute atomic E-state index is 11.6. The summed E-state index contributed by atoms with van der Waals surface area (Å²) in [6.07, 6.45) is 0. The molecule has 106 valence electrons. The van der Waals surface area contributed by atoms with Gasteiger partial charge >= 0.3 is 5.97 Å². The number of methoxy groups -OCH3 is 1. The van der Waals surface area contributed by atoms with E-state index in [2.05, 4.69) is 50.6 Å². The number of esters is 1. The highest BCUT2D eigenvalue weighted by molar-refractivity contribution is 9.08. The number of carbonyl (C=O) groups excluding carboxylic acids is 1. The second kappa shape index (κ2) is 5.95. The lowest BCUT2D eigenvalue weighted by atomic mass is 10.1. The van der Waals surface area contributed by atoms with E-state index in [9.17, 15) is 4.79 Å². The van der Waals surface area contributed by atoms with Gasteiger partial charge in [0.25, 0.3) is 0 Å². The number of nitrogens with zero attached hydrogens (tertiary/aromatic N) is 1. The van der Waals surface area contributed by atoms with Crippen molar-refractivity contribution in [3.63, 3.8) is 0 Å². The van der Waals surface area contributed by atoms with Gasteiger partial charge in [-0.1, -0.05) is 40.2 Å². The third-order valence-electron chi connectivity index (χ3n) is 3.23. The van der Waals surface area contributed by atoms with E-state index in [-0.39, 0.29) is 0 Å². The van der Waals surface area contributed by atoms with Gasteiger partial charge < -0.3 is 4.74 Å². The van der Waals surface area contributed by atoms with Crippen molar-refractivity contribution >= 4 is 43.5 Å². The molecule has 2 aromatic heterocycles. The minimum atomic E-state index is -0.413. The van der Waals surface area contributed by atoms with Crippen molar-refractivity contribution in [2.45, 2.75) is 5.33 Å². The van der Waals surface area contributed by atoms with Crippen LogP contribution in [0.3, 0.4) is 0 Å². The third-order valence-corrected chi connectivity index (χ3v) is 4.82. The zero-order chi connectivity index (χ0) is 14.8. The summed E-state index contributed by atoms with van der Waals surface area (Å²) in [5, 5.41) is 2.91. The molecule has 0 bridgehead atoms. The zero-order valence-corrected chi connectivity index (χ0v) is 13.7. The van der Waals surface area contributed by atoms with Crippen LogP contribution in [0.2, 0.25) is 0 Å². The minimum absolute atomic E-state index is 0.335. The molecule has 2 heterocycles. The van der Waals surface area contributed by atoms with E-state index in [1.807, 2.05) is 6.07 Å². The number of rotatable bonds is 3. The number of ether oxygens (including phenoxy) is 1. The quantitative estimate of drug-likeness (QED) is 0.503. The molecule has 0 atom stereocenters. The molecule has 3 aromatic rings. The Hall–Kier alpha value is -1.72. The average molecular weight is 362 g/mol. The van der Waals surface area contributed by atoms with Gasteiger partial charge in [0.1, 0.15) is 5.69 Å². The van der Waals surface area contributed by atoms with Gasteiger partial charge in [-0.3, -0.25) is 0 Å². The van der Waals surface area contributed by atoms with E-state index in [1.165, 1.54) is 12.7 Å². The van der Waals surface area contributed by atoms with Crippen LogP contribution in [0.15, 0.2) is 41.8 Å². The fourth-order valence-corrected chi connectivity index (χ4v) is 3.39. The smallest absolute Gasteiger partial charge is 0.356 e. The highest BCUT2D eigenvalue weighted by Gasteiger charge is 2.12. The number of halogens is 1. The number of hydrogen-bond donors (Lipinski definition) is 0. The lowest BCUT2D eigenvalue weighted by Crippen LogP contribution is -2.03. The van der Waals surface area contributed by atoms with Crippen LogP contribution in [-0.4, -0.2) is 18.1 Å². The summed E-state index contributed by atoms with van der Waals surface area (Å²) in [7, 11) is 1.36. The van der Waals surface area contributed by atoms with Gasteiger partial charge in [-0.2, -0.15) is 0 Å². The Morgan fingerprint density at radius 2 is 2.00 bits per heavy atom. The summed E-state index contributed by atoms with van der Waals surface area (Å²) in [5.74, 6) is -0.413. The van der Waals surface area contributed by atoms with Crippen LogP contribution in [-0.2, 0) is 10.1 Å². The highest BCUT2D eigenvalue weighted by atomic mass is 79.9. The van der Waals surface area contributed by atoms with E-state index in [4.69, 9.17) is 4.74 Å². The van der Waals surface area contributed by atoms with Crippen molar-refractivity contribution in [2.24, 2.45) is 0 Å². The number of alkyl halides is 1. The summed E-state index contributed by atoms with van der Waals surface area (Å²) in [5.41, 5.74) is 4.54. The number of aromatic nitrogens is 1. The van der Waals surface area contributed by atoms with Crippen molar-refractivity contribution in [1.82, 2.24) is 4.98 Å². The molecule has 0 saturated heterocycles. The first-order valence-electron chi connectivity index (χ1n) is 6.35. The van der Waals surface area contributed by atoms with Gasteiger partial charge in [0, 0.05) is 16.3 Å². The average Bonchev–Trinajstić information content (AvgIpc) is 2.97. The number of fused-ring (bicyclic) bond motifs is 1. The van der Waals surface area contributed by atoms with Crippen LogP contribution in [0.1, 0.15) is 16.1 Å². The lowest BCUT2D eigenvalue weighted by Gasteiger charge is -2.03. The van der Waals surface area contributed by atoms with E-state index in [0.717, 1.165) is 26.7 Å². The summed E-state index contributed by atoms with van der Waals surface area (Å²) < 4.78 is 5.79. The van der Waals surface area contributed by atoms with Crippen LogP contribution in [0.5, 0.6) is 0 Å². The fourth-order valence-electron chi connectivity index (χ4n) is 2.11. The molecule has 0 aliphatic carbocycles. The van der Waals surface area contributed by atoms with Gasteiger partial charge in [-0.25, -0.2) is 9.78 Å². The summed E-state index contributed by atoms with van der Waals surface area (Å²) in [4.78, 5) is 16.1. The second-order valence-electron chi connectivity index (χ2n) is 4.51. The van der Waals surface area contributed by atoms with Crippen LogP contribution in [0, 0.1) is 0 Å². The molecule has 5 heteroatoms. The molecule has 0 aliphatic rings. The van der Waals surface area contributed by atoms with Crippen LogP contribution >= 0.6 is 27.3 Å². The predicted molar refractivity (Wildman–Crippen MR) is 89.0 cm³/mol. The van der Waals surface area contributed by atoms with Crippen molar-refractivity contribution in [3.05, 3.63) is 53.0 Å². The van der Waals surface area contributed by atoms with Crippen LogP contribution < -0.4 is 0 Å². The van der Waals surface area contributed by atoms with Crippen LogP contribution in [0.25, 0.3) is 21.3 Å². The van der Waals surface area contributed by atoms with Gasteiger partial charge in [0.05, 0.1) is 17.3 Å². The largest absolute Gasteiger partial charge is 0.464 e. The standard InChI is InChI=1S/C16H12BrNO2S/c1-20-16(19)13-6-7-14-15(18-13)12(9-21-14)11-4-2-10(8-17)3-5-11/h2-7,9H,8H2,1H3. The Bertz CT molecular complexity index is 796. The van der Waals surface area contributed by atoms with Gasteiger partial charge in [-0.05, 0) is 23.3 Å². The first-order valence-corrected chi connectivity index (χ1v) is 8.35. The SMILES string of the molecule is COC(=O)c1ccc2scc(-c3ccc(CBr)cc3)c2n1. The zero-order valence-electron chi connectivity index (χ0n) is 11.3. The number of thiophene rings is 1. The molecule has 1 aromatic carbocycles. The first-order chi connectivity index (χ1) is 10.2. The Balaban J connectivity index is 2.11. The molecular weight excluding hydrogens is 350 g/mol. The lowest BCUT2D eigenvalue weighted by molar-refractivity contribution is 0.0594. The number of carbonyl (C=O) groups is 1. The van der Waals surface area contributed by atoms with Crippen molar-refractivity contribution < 1.29 is 9.53 Å². The first kappa shape index (κ1) is 14.2. The Labute approximate surface area is 134 Å². The Morgan fingerprint density at radius 3 is 2.67 bits per heavy atom. The van der Waals surface area contributed by atoms with E-state index in [1.54, 1.807) is 17.4 Å². The second-order valence-corrected chi connectivity index (χ2v) is 5.99. The molecule has 0 unspecified atom stereocenters. The number of benzene rings is 1. The molecule has 3 nitrogen and oxygen atoms in total. The monoisotopic (exact) mass is 361 g/mol. The van der Waals surface area contributed by atoms with Crippen molar-refractivity contribution in [3.8, 4) is 11.1 Å². The third kappa shape index (κ3) is 2.71. The van der Waals surface area contributed by atoms with Gasteiger partial charge in [0.2, 0.25) is 0 Å². The number of pyridine rings is 1. The fraction of sp³-hybridized carbons (Fsp3) is 0.125. The topological polar surface area (TPSA) is 39.2 Å². The van der Waals surface area contributed by atoms with Crippen molar-refractivity contribution in [2.75, 3.05) is 7.11 Å². The van der Waals surface area contributed by atoms with Gasteiger partial charge in [-0.15, -0.1) is 11.3 Å². The van der Waals surface area contributed by atoms with Crippen LogP contribution in [0.4, 0.5) is 0 Å². The molecule has 0 spiro atoms. The molecule has 0 radical (unpaired) electrons. The molecule has 0 fully saturated rings. The van der Waals surface area contributed by atoms with Crippen molar-refractivity contribution in [1.29, 1.82) is 0 Å². The molecule has 0 amide bonds. The summed E-state index contributed by atoms with van der Waals surface area (Å²) in [6, 6.07) is 11.9. The summed E-state index contributed by atoms with van der Waals surface area (Å²) >= 11 is 5.07. The van der Waals surface area contributed by atoms with Gasteiger partial charge in [0.15, 0.2) is 0 Å². The molecule has 0 saturated carbocycles. The molecule has 21 heavy (non-hydrogen) atoms. The Kier molecular flexibility index (Phi) is 4.03. The molecule has 0 aliphatic heterocycles. The van der Waals surface area contributed by atoms with E-state index < -0.39 is 5.97 Å². The highest BCUT2D eigenvalue weighted by Crippen LogP contribution is 2.33. The maximum atomic E-state index is 11.6. The maximum Gasteiger partial charge on any atom is 0.356 e. The normalized spacial score (nSPS) is 10.8. The van der Waals surface area contributed by atoms with E-state index >= 15 is 0 Å². The molecular formula is C16H12BrNO2S. The van der Waals surface area contributed by atoms with E-state index in [0.29, 0.717) is 5.69 Å². The molecule has 3 rings (SSSR count). The minimum Gasteiger partial charge on any atom is -0.464 e. The predicted octanol–water partition coefficient (Wildman–Crippen LogP) is 4.64. The molecule has 0 N–H and O–H groups in total. The summed E-state index contributed by atoms with van der Waals surface area (Å²) in [6.45, 7) is 0.